The minimum absolute atomic E-state index is 0. The molecule has 0 aliphatic heterocycles. The molecule has 0 bridgehead atoms. The van der Waals surface area contributed by atoms with Crippen molar-refractivity contribution >= 4 is 14.3 Å². The second-order valence-electron chi connectivity index (χ2n) is 0.596. The first kappa shape index (κ1) is 15.8. The van der Waals surface area contributed by atoms with Crippen molar-refractivity contribution in [3.63, 3.8) is 0 Å². The Hall–Kier alpha value is -0.460. The summed E-state index contributed by atoms with van der Waals surface area (Å²) in [6.45, 7) is -0.250. The van der Waals surface area contributed by atoms with Crippen molar-refractivity contribution in [3.05, 3.63) is 0 Å². The number of phosphoric acid groups is 1. The van der Waals surface area contributed by atoms with Crippen LogP contribution in [0.5, 0.6) is 0 Å². The van der Waals surface area contributed by atoms with Crippen molar-refractivity contribution in [2.75, 3.05) is 0 Å². The first-order chi connectivity index (χ1) is 3.41. The van der Waals surface area contributed by atoms with Crippen LogP contribution in [0.2, 0.25) is 0 Å². The van der Waals surface area contributed by atoms with E-state index in [0.717, 1.165) is 0 Å². The SMILES string of the molecule is O=CO.O=P([O-])(O)O.[NH4+]. The normalized spacial score (nSPS) is 7.89. The molecular formula is CH8NO6P. The number of hydrogen-bond donors (Lipinski definition) is 4. The molecule has 58 valence electrons. The molecule has 0 aromatic rings. The zero-order valence-electron chi connectivity index (χ0n) is 4.59. The Morgan fingerprint density at radius 1 is 1.44 bits per heavy atom. The van der Waals surface area contributed by atoms with Crippen molar-refractivity contribution in [3.8, 4) is 0 Å². The van der Waals surface area contributed by atoms with Gasteiger partial charge in [-0.3, -0.25) is 9.36 Å². The van der Waals surface area contributed by atoms with E-state index in [1.807, 2.05) is 0 Å². The maximum Gasteiger partial charge on any atom is 0.290 e. The standard InChI is InChI=1S/CH2O2.H3N.H3O4P/c2-1-3;;1-5(2,3)4/h1H,(H,2,3);1H3;(H3,1,2,3,4). The first-order valence-electron chi connectivity index (χ1n) is 1.26. The molecule has 0 rings (SSSR count). The van der Waals surface area contributed by atoms with Crippen LogP contribution < -0.4 is 11.0 Å². The van der Waals surface area contributed by atoms with Gasteiger partial charge in [-0.15, -0.1) is 0 Å². The number of carbonyl (C=O) groups is 1. The Morgan fingerprint density at radius 3 is 1.44 bits per heavy atom. The third-order valence-electron chi connectivity index (χ3n) is 0. The van der Waals surface area contributed by atoms with Gasteiger partial charge < -0.3 is 25.9 Å². The van der Waals surface area contributed by atoms with E-state index in [1.54, 1.807) is 0 Å². The quantitative estimate of drug-likeness (QED) is 0.250. The van der Waals surface area contributed by atoms with Crippen molar-refractivity contribution in [1.29, 1.82) is 0 Å². The van der Waals surface area contributed by atoms with Crippen LogP contribution in [0.1, 0.15) is 0 Å². The van der Waals surface area contributed by atoms with Gasteiger partial charge in [0.15, 0.2) is 0 Å². The fourth-order valence-corrected chi connectivity index (χ4v) is 0. The molecule has 0 fully saturated rings. The Balaban J connectivity index is -0.0000000800. The highest BCUT2D eigenvalue weighted by Crippen LogP contribution is 2.18. The Morgan fingerprint density at radius 2 is 1.44 bits per heavy atom. The Bertz CT molecular complexity index is 87.0. The van der Waals surface area contributed by atoms with Crippen LogP contribution in [0.25, 0.3) is 0 Å². The molecular weight excluding hydrogens is 153 g/mol. The second-order valence-corrected chi connectivity index (χ2v) is 1.58. The molecule has 0 saturated carbocycles. The van der Waals surface area contributed by atoms with Gasteiger partial charge in [-0.05, 0) is 0 Å². The van der Waals surface area contributed by atoms with Gasteiger partial charge in [-0.1, -0.05) is 0 Å². The summed E-state index contributed by atoms with van der Waals surface area (Å²) >= 11 is 0. The minimum atomic E-state index is -4.89. The molecule has 0 spiro atoms. The maximum absolute atomic E-state index is 8.77. The van der Waals surface area contributed by atoms with Crippen molar-refractivity contribution in [2.24, 2.45) is 0 Å². The number of quaternary nitrogens is 1. The van der Waals surface area contributed by atoms with Gasteiger partial charge in [0.25, 0.3) is 14.3 Å². The summed E-state index contributed by atoms with van der Waals surface area (Å²) < 4.78 is 8.77. The zero-order valence-corrected chi connectivity index (χ0v) is 5.49. The molecule has 0 aromatic heterocycles. The van der Waals surface area contributed by atoms with E-state index in [0.29, 0.717) is 0 Å². The van der Waals surface area contributed by atoms with Gasteiger partial charge in [-0.2, -0.15) is 0 Å². The first-order valence-corrected chi connectivity index (χ1v) is 2.79. The van der Waals surface area contributed by atoms with E-state index in [9.17, 15) is 0 Å². The molecule has 0 aromatic carbocycles. The van der Waals surface area contributed by atoms with Crippen molar-refractivity contribution in [1.82, 2.24) is 6.15 Å². The number of carboxylic acid groups (broad SMARTS) is 1. The van der Waals surface area contributed by atoms with Crippen molar-refractivity contribution < 1.29 is 29.1 Å². The van der Waals surface area contributed by atoms with E-state index < -0.39 is 7.82 Å². The topological polar surface area (TPSA) is 154 Å². The Labute approximate surface area is 50.8 Å². The Kier molecular flexibility index (Phi) is 13.3. The molecule has 7 nitrogen and oxygen atoms in total. The average molecular weight is 161 g/mol. The van der Waals surface area contributed by atoms with Crippen LogP contribution in [0.3, 0.4) is 0 Å². The third kappa shape index (κ3) is 1090. The molecule has 0 amide bonds. The number of rotatable bonds is 0. The van der Waals surface area contributed by atoms with Gasteiger partial charge in [0.05, 0.1) is 0 Å². The van der Waals surface area contributed by atoms with Gasteiger partial charge in [0.1, 0.15) is 0 Å². The van der Waals surface area contributed by atoms with E-state index in [2.05, 4.69) is 0 Å². The molecule has 7 N–H and O–H groups in total. The fraction of sp³-hybridized carbons (Fsp3) is 0. The highest BCUT2D eigenvalue weighted by molar-refractivity contribution is 7.43. The summed E-state index contributed by atoms with van der Waals surface area (Å²) in [5.41, 5.74) is 0. The lowest BCUT2D eigenvalue weighted by Crippen LogP contribution is -1.94. The monoisotopic (exact) mass is 161 g/mol. The molecule has 0 unspecified atom stereocenters. The van der Waals surface area contributed by atoms with E-state index in [1.165, 1.54) is 0 Å². The van der Waals surface area contributed by atoms with Crippen LogP contribution in [-0.4, -0.2) is 21.4 Å². The van der Waals surface area contributed by atoms with Crippen LogP contribution in [-0.2, 0) is 9.36 Å². The summed E-state index contributed by atoms with van der Waals surface area (Å²) in [6.07, 6.45) is 0. The highest BCUT2D eigenvalue weighted by atomic mass is 31.2. The van der Waals surface area contributed by atoms with Crippen LogP contribution in [0, 0.1) is 0 Å². The molecule has 0 atom stereocenters. The van der Waals surface area contributed by atoms with Gasteiger partial charge in [-0.25, -0.2) is 0 Å². The third-order valence-corrected chi connectivity index (χ3v) is 0. The predicted octanol–water partition coefficient (Wildman–Crippen LogP) is -1.48. The zero-order chi connectivity index (χ0) is 7.21. The maximum atomic E-state index is 8.77. The fourth-order valence-electron chi connectivity index (χ4n) is 0. The van der Waals surface area contributed by atoms with E-state index >= 15 is 0 Å². The largest absolute Gasteiger partial charge is 0.756 e. The van der Waals surface area contributed by atoms with Crippen LogP contribution >= 0.6 is 7.82 Å². The molecule has 0 aliphatic rings. The highest BCUT2D eigenvalue weighted by Gasteiger charge is 1.82. The minimum Gasteiger partial charge on any atom is -0.756 e. The summed E-state index contributed by atoms with van der Waals surface area (Å²) in [4.78, 5) is 31.3. The van der Waals surface area contributed by atoms with E-state index in [-0.39, 0.29) is 12.6 Å². The molecule has 0 radical (unpaired) electrons. The lowest BCUT2D eigenvalue weighted by Gasteiger charge is -2.01. The lowest BCUT2D eigenvalue weighted by molar-refractivity contribution is -0.214. The molecule has 0 heterocycles. The van der Waals surface area contributed by atoms with Gasteiger partial charge >= 0.3 is 0 Å². The van der Waals surface area contributed by atoms with Gasteiger partial charge in [0.2, 0.25) is 0 Å². The van der Waals surface area contributed by atoms with Crippen LogP contribution in [0.4, 0.5) is 0 Å². The molecule has 8 heteroatoms. The summed E-state index contributed by atoms with van der Waals surface area (Å²) in [5.74, 6) is 0. The smallest absolute Gasteiger partial charge is 0.290 e. The second kappa shape index (κ2) is 7.54. The molecule has 0 aliphatic carbocycles. The molecule has 9 heavy (non-hydrogen) atoms. The number of hydrogen-bond acceptors (Lipinski definition) is 3. The average Bonchev–Trinajstić information content (AvgIpc) is 1.27. The summed E-state index contributed by atoms with van der Waals surface area (Å²) in [5, 5.41) is 6.89. The predicted molar refractivity (Wildman–Crippen MR) is 26.7 cm³/mol. The van der Waals surface area contributed by atoms with E-state index in [4.69, 9.17) is 29.1 Å². The summed E-state index contributed by atoms with van der Waals surface area (Å²) in [6, 6.07) is 0. The lowest BCUT2D eigenvalue weighted by atomic mass is 11.7. The summed E-state index contributed by atoms with van der Waals surface area (Å²) in [7, 11) is -4.89. The molecule has 0 saturated heterocycles. The van der Waals surface area contributed by atoms with Gasteiger partial charge in [0, 0.05) is 0 Å². The van der Waals surface area contributed by atoms with Crippen LogP contribution in [0.15, 0.2) is 0 Å². The van der Waals surface area contributed by atoms with Crippen molar-refractivity contribution in [2.45, 2.75) is 0 Å².